The molecule has 382 valence electrons. The maximum Gasteiger partial charge on any atom is 0.326 e. The lowest BCUT2D eigenvalue weighted by Gasteiger charge is -2.30. The fraction of sp³-hybridized carbons (Fsp3) is 0.571. The van der Waals surface area contributed by atoms with Gasteiger partial charge >= 0.3 is 5.97 Å². The van der Waals surface area contributed by atoms with Crippen LogP contribution < -0.4 is 54.4 Å². The van der Waals surface area contributed by atoms with Crippen LogP contribution in [0, 0.1) is 0 Å². The summed E-state index contributed by atoms with van der Waals surface area (Å²) in [6.07, 6.45) is -3.08. The highest BCUT2D eigenvalue weighted by Crippen LogP contribution is 2.21. The minimum atomic E-state index is -1.86. The second-order valence-electron chi connectivity index (χ2n) is 16.6. The van der Waals surface area contributed by atoms with E-state index >= 15 is 0 Å². The maximum atomic E-state index is 14.2. The first-order chi connectivity index (χ1) is 32.5. The Morgan fingerprint density at radius 3 is 1.86 bits per heavy atom. The Balaban J connectivity index is 1.81. The summed E-state index contributed by atoms with van der Waals surface area (Å²) >= 11 is 0. The highest BCUT2D eigenvalue weighted by molar-refractivity contribution is 5.99. The van der Waals surface area contributed by atoms with E-state index in [0.717, 1.165) is 18.7 Å². The van der Waals surface area contributed by atoms with E-state index < -0.39 is 133 Å². The van der Waals surface area contributed by atoms with E-state index in [1.54, 1.807) is 30.5 Å². The molecule has 8 amide bonds. The number of aromatic amines is 1. The van der Waals surface area contributed by atoms with Crippen molar-refractivity contribution in [3.63, 3.8) is 0 Å². The van der Waals surface area contributed by atoms with E-state index in [2.05, 4.69) is 47.2 Å². The Bertz CT molecular complexity index is 2180. The second kappa shape index (κ2) is 26.6. The number of aliphatic hydroxyl groups is 4. The molecule has 0 saturated carbocycles. The number of guanidine groups is 1. The Kier molecular flexibility index (Phi) is 21.7. The fourth-order valence-corrected chi connectivity index (χ4v) is 7.32. The average molecular weight is 976 g/mol. The van der Waals surface area contributed by atoms with Gasteiger partial charge in [0.15, 0.2) is 5.96 Å². The SMILES string of the molecule is C[C@H](NC(=O)[C@@H]1CCCN1C(=O)[C@H](CO)NC(=O)CN)C(=O)N[C@H](C(=O)N[C@@H](Cc1c[nH]c2ccccc12)C(=O)N[C@H](C(=O)N[C@H](C(=O)N[C@@H](CCCN=C(N)N)C(=O)O)[C@@H](C)O)[C@@H](C)O)[C@@H](C)O. The first-order valence-electron chi connectivity index (χ1n) is 22.1. The van der Waals surface area contributed by atoms with Gasteiger partial charge in [-0.05, 0) is 65.0 Å². The van der Waals surface area contributed by atoms with Crippen molar-refractivity contribution >= 4 is 70.1 Å². The molecule has 2 heterocycles. The summed E-state index contributed by atoms with van der Waals surface area (Å²) < 4.78 is 0. The van der Waals surface area contributed by atoms with Crippen LogP contribution in [0.15, 0.2) is 35.5 Å². The summed E-state index contributed by atoms with van der Waals surface area (Å²) in [5, 5.41) is 68.4. The molecule has 1 aliphatic heterocycles. The molecule has 19 N–H and O–H groups in total. The molecule has 1 saturated heterocycles. The topological polar surface area (TPSA) is 448 Å². The van der Waals surface area contributed by atoms with Gasteiger partial charge in [0.2, 0.25) is 47.3 Å². The number of para-hydroxylation sites is 1. The predicted octanol–water partition coefficient (Wildman–Crippen LogP) is -6.65. The first-order valence-corrected chi connectivity index (χ1v) is 22.1. The molecule has 1 aliphatic rings. The van der Waals surface area contributed by atoms with Crippen molar-refractivity contribution < 1.29 is 68.7 Å². The number of benzene rings is 1. The number of carbonyl (C=O) groups excluding carboxylic acids is 8. The maximum absolute atomic E-state index is 14.2. The molecule has 11 atom stereocenters. The molecule has 0 unspecified atom stereocenters. The number of carboxylic acids is 1. The van der Waals surface area contributed by atoms with Crippen LogP contribution in [0.2, 0.25) is 0 Å². The number of carboxylic acid groups (broad SMARTS) is 1. The zero-order valence-electron chi connectivity index (χ0n) is 38.6. The summed E-state index contributed by atoms with van der Waals surface area (Å²) in [6.45, 7) is 3.62. The van der Waals surface area contributed by atoms with Gasteiger partial charge < -0.3 is 89.8 Å². The molecule has 27 nitrogen and oxygen atoms in total. The molecule has 1 aromatic heterocycles. The molecule has 3 rings (SSSR count). The van der Waals surface area contributed by atoms with Crippen LogP contribution in [0.25, 0.3) is 10.9 Å². The number of aliphatic imine (C=N–C) groups is 1. The number of nitrogens with one attached hydrogen (secondary N) is 8. The van der Waals surface area contributed by atoms with Gasteiger partial charge in [-0.15, -0.1) is 0 Å². The molecular formula is C42H65N13O14. The van der Waals surface area contributed by atoms with E-state index in [-0.39, 0.29) is 44.7 Å². The molecule has 0 aliphatic carbocycles. The Labute approximate surface area is 396 Å². The van der Waals surface area contributed by atoms with Gasteiger partial charge in [0, 0.05) is 36.6 Å². The predicted molar refractivity (Wildman–Crippen MR) is 245 cm³/mol. The molecule has 1 aromatic carbocycles. The van der Waals surface area contributed by atoms with E-state index in [1.165, 1.54) is 13.8 Å². The molecular weight excluding hydrogens is 911 g/mol. The van der Waals surface area contributed by atoms with Crippen LogP contribution in [0.1, 0.15) is 58.9 Å². The van der Waals surface area contributed by atoms with Crippen molar-refractivity contribution in [1.29, 1.82) is 0 Å². The van der Waals surface area contributed by atoms with Crippen LogP contribution in [0.5, 0.6) is 0 Å². The number of hydrogen-bond acceptors (Lipinski definition) is 15. The third-order valence-corrected chi connectivity index (χ3v) is 11.1. The number of H-pyrrole nitrogens is 1. The number of likely N-dealkylation sites (tertiary alicyclic amines) is 1. The van der Waals surface area contributed by atoms with Crippen molar-refractivity contribution in [3.8, 4) is 0 Å². The van der Waals surface area contributed by atoms with Gasteiger partial charge in [0.1, 0.15) is 48.3 Å². The minimum absolute atomic E-state index is 0.0454. The lowest BCUT2D eigenvalue weighted by Crippen LogP contribution is -2.63. The number of aliphatic hydroxyl groups excluding tert-OH is 4. The fourth-order valence-electron chi connectivity index (χ4n) is 7.32. The number of aromatic nitrogens is 1. The van der Waals surface area contributed by atoms with E-state index in [0.29, 0.717) is 22.9 Å². The Morgan fingerprint density at radius 1 is 0.754 bits per heavy atom. The highest BCUT2D eigenvalue weighted by atomic mass is 16.4. The van der Waals surface area contributed by atoms with Crippen LogP contribution in [0.3, 0.4) is 0 Å². The smallest absolute Gasteiger partial charge is 0.326 e. The summed E-state index contributed by atoms with van der Waals surface area (Å²) in [5.41, 5.74) is 17.0. The first kappa shape index (κ1) is 56.4. The lowest BCUT2D eigenvalue weighted by molar-refractivity contribution is -0.143. The zero-order chi connectivity index (χ0) is 51.7. The van der Waals surface area contributed by atoms with Crippen molar-refractivity contribution in [3.05, 3.63) is 36.0 Å². The number of nitrogens with zero attached hydrogens (tertiary/aromatic N) is 2. The van der Waals surface area contributed by atoms with Gasteiger partial charge in [-0.1, -0.05) is 18.2 Å². The monoisotopic (exact) mass is 975 g/mol. The lowest BCUT2D eigenvalue weighted by atomic mass is 10.0. The van der Waals surface area contributed by atoms with Crippen molar-refractivity contribution in [2.24, 2.45) is 22.2 Å². The third kappa shape index (κ3) is 16.4. The Morgan fingerprint density at radius 2 is 1.30 bits per heavy atom. The van der Waals surface area contributed by atoms with Crippen LogP contribution in [-0.4, -0.2) is 187 Å². The zero-order valence-corrected chi connectivity index (χ0v) is 38.6. The number of amides is 8. The van der Waals surface area contributed by atoms with Crippen molar-refractivity contribution in [1.82, 2.24) is 47.1 Å². The quantitative estimate of drug-likeness (QED) is 0.0237. The summed E-state index contributed by atoms with van der Waals surface area (Å²) in [7, 11) is 0. The van der Waals surface area contributed by atoms with Gasteiger partial charge in [0.25, 0.3) is 0 Å². The van der Waals surface area contributed by atoms with E-state index in [4.69, 9.17) is 17.2 Å². The summed E-state index contributed by atoms with van der Waals surface area (Å²) in [6, 6.07) is -5.41. The summed E-state index contributed by atoms with van der Waals surface area (Å²) in [4.78, 5) is 127. The average Bonchev–Trinajstić information content (AvgIpc) is 3.96. The number of carbonyl (C=O) groups is 9. The normalized spacial score (nSPS) is 17.8. The molecule has 0 radical (unpaired) electrons. The van der Waals surface area contributed by atoms with E-state index in [1.807, 2.05) is 0 Å². The number of aliphatic carboxylic acids is 1. The molecule has 69 heavy (non-hydrogen) atoms. The van der Waals surface area contributed by atoms with Gasteiger partial charge in [0.05, 0.1) is 31.5 Å². The van der Waals surface area contributed by atoms with Crippen molar-refractivity contribution in [2.75, 3.05) is 26.2 Å². The highest BCUT2D eigenvalue weighted by Gasteiger charge is 2.40. The number of rotatable bonds is 26. The Hall–Kier alpha value is -6.94. The van der Waals surface area contributed by atoms with Crippen LogP contribution in [-0.2, 0) is 49.6 Å². The largest absolute Gasteiger partial charge is 0.480 e. The molecule has 27 heteroatoms. The van der Waals surface area contributed by atoms with Gasteiger partial charge in [-0.25, -0.2) is 4.79 Å². The standard InChI is InChI=1S/C42H65N13O14/c1-19(48-36(63)29-12-8-14-55(29)40(67)28(18-56)49-30(60)16-43)34(61)52-31(20(2)57)38(65)51-27(15-23-17-47-25-10-6-5-9-24(23)25)35(62)53-33(22(4)59)39(66)54-32(21(3)58)37(64)50-26(41(68)69)11-7-13-46-42(44)45/h5-6,9-10,17,19-22,26-29,31-33,47,56-59H,7-8,11-16,18,43H2,1-4H3,(H,48,63)(H,49,60)(H,50,64)(H,51,65)(H,52,61)(H,53,62)(H,54,66)(H,68,69)(H4,44,45,46)/t19-,20+,21+,22+,26-,27-,28-,29-,31-,32-,33-/m0/s1. The summed E-state index contributed by atoms with van der Waals surface area (Å²) in [5.74, 6) is -9.35. The molecule has 0 bridgehead atoms. The van der Waals surface area contributed by atoms with Crippen molar-refractivity contribution in [2.45, 2.75) is 126 Å². The number of nitrogens with two attached hydrogens (primary N) is 3. The third-order valence-electron chi connectivity index (χ3n) is 11.1. The molecule has 0 spiro atoms. The van der Waals surface area contributed by atoms with Crippen LogP contribution in [0.4, 0.5) is 0 Å². The molecule has 1 fully saturated rings. The number of fused-ring (bicyclic) bond motifs is 1. The molecule has 2 aromatic rings. The second-order valence-corrected chi connectivity index (χ2v) is 16.6. The minimum Gasteiger partial charge on any atom is -0.480 e. The van der Waals surface area contributed by atoms with E-state index in [9.17, 15) is 68.7 Å². The van der Waals surface area contributed by atoms with Gasteiger partial charge in [-0.3, -0.25) is 43.3 Å². The van der Waals surface area contributed by atoms with Crippen LogP contribution >= 0.6 is 0 Å². The van der Waals surface area contributed by atoms with Gasteiger partial charge in [-0.2, -0.15) is 0 Å². The number of hydrogen-bond donors (Lipinski definition) is 16.